The molecule has 2 saturated carbocycles. The van der Waals surface area contributed by atoms with Gasteiger partial charge < -0.3 is 4.90 Å². The highest BCUT2D eigenvalue weighted by Crippen LogP contribution is 2.39. The van der Waals surface area contributed by atoms with Crippen LogP contribution in [0.25, 0.3) is 5.65 Å². The summed E-state index contributed by atoms with van der Waals surface area (Å²) < 4.78 is 40.8. The maximum atomic E-state index is 12.9. The lowest BCUT2D eigenvalue weighted by molar-refractivity contribution is -0.184. The summed E-state index contributed by atoms with van der Waals surface area (Å²) in [4.78, 5) is 4.53. The molecule has 2 aliphatic carbocycles. The summed E-state index contributed by atoms with van der Waals surface area (Å²) in [7, 11) is 0. The topological polar surface area (TPSA) is 60.5 Å². The molecule has 6 nitrogen and oxygen atoms in total. The van der Waals surface area contributed by atoms with Crippen molar-refractivity contribution in [3.05, 3.63) is 23.7 Å². The van der Waals surface area contributed by atoms with Gasteiger partial charge in [0.2, 0.25) is 0 Å². The second-order valence-corrected chi connectivity index (χ2v) is 9.22. The molecule has 0 N–H and O–H groups in total. The van der Waals surface area contributed by atoms with Crippen molar-refractivity contribution in [2.75, 3.05) is 31.1 Å². The van der Waals surface area contributed by atoms with Crippen molar-refractivity contribution in [3.63, 3.8) is 0 Å². The molecule has 3 heterocycles. The van der Waals surface area contributed by atoms with Gasteiger partial charge in [0.05, 0.1) is 11.6 Å². The SMILES string of the molecule is N#Cc1c(N2CCN([C@H]3CC[C@@H](C(F)(F)F)CC3)CC2)ccn2c(CC3CC3)nnc12. The summed E-state index contributed by atoms with van der Waals surface area (Å²) in [6.45, 7) is 3.12. The molecule has 5 rings (SSSR count). The zero-order valence-electron chi connectivity index (χ0n) is 17.5. The Morgan fingerprint density at radius 3 is 2.32 bits per heavy atom. The molecule has 0 amide bonds. The van der Waals surface area contributed by atoms with E-state index in [4.69, 9.17) is 0 Å². The zero-order chi connectivity index (χ0) is 21.6. The van der Waals surface area contributed by atoms with Gasteiger partial charge >= 0.3 is 6.18 Å². The van der Waals surface area contributed by atoms with Crippen LogP contribution >= 0.6 is 0 Å². The Morgan fingerprint density at radius 1 is 1.00 bits per heavy atom. The number of alkyl halides is 3. The average Bonchev–Trinajstić information content (AvgIpc) is 3.51. The number of fused-ring (bicyclic) bond motifs is 1. The minimum Gasteiger partial charge on any atom is -0.368 e. The van der Waals surface area contributed by atoms with Crippen LogP contribution in [0.4, 0.5) is 18.9 Å². The zero-order valence-corrected chi connectivity index (χ0v) is 17.5. The van der Waals surface area contributed by atoms with E-state index in [1.54, 1.807) is 0 Å². The third kappa shape index (κ3) is 4.10. The molecule has 0 atom stereocenters. The molecular formula is C22H27F3N6. The first-order chi connectivity index (χ1) is 14.9. The van der Waals surface area contributed by atoms with Gasteiger partial charge in [-0.2, -0.15) is 18.4 Å². The van der Waals surface area contributed by atoms with Crippen molar-refractivity contribution in [2.45, 2.75) is 57.2 Å². The lowest BCUT2D eigenvalue weighted by Gasteiger charge is -2.43. The van der Waals surface area contributed by atoms with Gasteiger partial charge in [0, 0.05) is 44.8 Å². The molecular weight excluding hydrogens is 405 g/mol. The maximum Gasteiger partial charge on any atom is 0.391 e. The fraction of sp³-hybridized carbons (Fsp3) is 0.682. The Hall–Kier alpha value is -2.34. The Kier molecular flexibility index (Phi) is 5.29. The highest BCUT2D eigenvalue weighted by atomic mass is 19.4. The summed E-state index contributed by atoms with van der Waals surface area (Å²) in [6, 6.07) is 4.54. The molecule has 9 heteroatoms. The van der Waals surface area contributed by atoms with Gasteiger partial charge in [-0.05, 0) is 50.5 Å². The average molecular weight is 432 g/mol. The van der Waals surface area contributed by atoms with Gasteiger partial charge in [-0.1, -0.05) is 0 Å². The van der Waals surface area contributed by atoms with Gasteiger partial charge in [0.25, 0.3) is 0 Å². The van der Waals surface area contributed by atoms with E-state index in [-0.39, 0.29) is 18.9 Å². The molecule has 1 aliphatic heterocycles. The van der Waals surface area contributed by atoms with Crippen molar-refractivity contribution in [1.82, 2.24) is 19.5 Å². The maximum absolute atomic E-state index is 12.9. The van der Waals surface area contributed by atoms with E-state index in [0.717, 1.165) is 44.1 Å². The van der Waals surface area contributed by atoms with Crippen LogP contribution in [-0.2, 0) is 6.42 Å². The van der Waals surface area contributed by atoms with E-state index in [2.05, 4.69) is 26.1 Å². The molecule has 0 unspecified atom stereocenters. The Bertz CT molecular complexity index is 974. The van der Waals surface area contributed by atoms with Gasteiger partial charge in [0.15, 0.2) is 5.65 Å². The molecule has 3 fully saturated rings. The minimum absolute atomic E-state index is 0.236. The fourth-order valence-electron chi connectivity index (χ4n) is 5.18. The molecule has 3 aliphatic rings. The Labute approximate surface area is 179 Å². The standard InChI is InChI=1S/C22H27F3N6/c23-22(24,25)16-3-5-17(6-4-16)29-9-11-30(12-10-29)19-7-8-31-20(13-15-1-2-15)27-28-21(31)18(19)14-26/h7-8,15-17H,1-6,9-13H2/t16-,17+. The van der Waals surface area contributed by atoms with Gasteiger partial charge in [-0.25, -0.2) is 0 Å². The van der Waals surface area contributed by atoms with E-state index in [0.29, 0.717) is 30.0 Å². The molecule has 31 heavy (non-hydrogen) atoms. The number of aromatic nitrogens is 3. The van der Waals surface area contributed by atoms with Gasteiger partial charge in [-0.15, -0.1) is 10.2 Å². The molecule has 1 saturated heterocycles. The predicted octanol–water partition coefficient (Wildman–Crippen LogP) is 3.80. The third-order valence-corrected chi connectivity index (χ3v) is 7.24. The van der Waals surface area contributed by atoms with E-state index in [9.17, 15) is 18.4 Å². The van der Waals surface area contributed by atoms with Crippen LogP contribution in [0.1, 0.15) is 49.9 Å². The summed E-state index contributed by atoms with van der Waals surface area (Å²) in [5.74, 6) is 0.472. The minimum atomic E-state index is -4.06. The van der Waals surface area contributed by atoms with Crippen LogP contribution in [0, 0.1) is 23.2 Å². The van der Waals surface area contributed by atoms with Crippen molar-refractivity contribution in [1.29, 1.82) is 5.26 Å². The highest BCUT2D eigenvalue weighted by Gasteiger charge is 2.42. The lowest BCUT2D eigenvalue weighted by Crippen LogP contribution is -2.51. The van der Waals surface area contributed by atoms with E-state index in [1.165, 1.54) is 12.8 Å². The van der Waals surface area contributed by atoms with Crippen molar-refractivity contribution in [2.24, 2.45) is 11.8 Å². The summed E-state index contributed by atoms with van der Waals surface area (Å²) in [6.07, 6.45) is 2.98. The third-order valence-electron chi connectivity index (χ3n) is 7.24. The smallest absolute Gasteiger partial charge is 0.368 e. The van der Waals surface area contributed by atoms with Gasteiger partial charge in [0.1, 0.15) is 17.5 Å². The predicted molar refractivity (Wildman–Crippen MR) is 110 cm³/mol. The fourth-order valence-corrected chi connectivity index (χ4v) is 5.18. The van der Waals surface area contributed by atoms with E-state index in [1.807, 2.05) is 16.7 Å². The Morgan fingerprint density at radius 2 is 1.71 bits per heavy atom. The van der Waals surface area contributed by atoms with Crippen LogP contribution in [0.2, 0.25) is 0 Å². The van der Waals surface area contributed by atoms with Crippen molar-refractivity contribution < 1.29 is 13.2 Å². The van der Waals surface area contributed by atoms with Crippen LogP contribution < -0.4 is 4.90 Å². The first-order valence-corrected chi connectivity index (χ1v) is 11.3. The number of nitriles is 1. The number of hydrogen-bond donors (Lipinski definition) is 0. The number of halogens is 3. The molecule has 0 bridgehead atoms. The van der Waals surface area contributed by atoms with Crippen LogP contribution in [0.15, 0.2) is 12.3 Å². The van der Waals surface area contributed by atoms with Crippen molar-refractivity contribution in [3.8, 4) is 6.07 Å². The van der Waals surface area contributed by atoms with Crippen LogP contribution in [0.3, 0.4) is 0 Å². The molecule has 166 valence electrons. The highest BCUT2D eigenvalue weighted by molar-refractivity contribution is 5.71. The number of anilines is 1. The van der Waals surface area contributed by atoms with E-state index < -0.39 is 12.1 Å². The number of rotatable bonds is 4. The first kappa shape index (κ1) is 20.6. The van der Waals surface area contributed by atoms with Gasteiger partial charge in [-0.3, -0.25) is 9.30 Å². The summed E-state index contributed by atoms with van der Waals surface area (Å²) in [5, 5.41) is 18.5. The van der Waals surface area contributed by atoms with E-state index >= 15 is 0 Å². The quantitative estimate of drug-likeness (QED) is 0.736. The first-order valence-electron chi connectivity index (χ1n) is 11.3. The van der Waals surface area contributed by atoms with Crippen LogP contribution in [0.5, 0.6) is 0 Å². The second-order valence-electron chi connectivity index (χ2n) is 9.22. The van der Waals surface area contributed by atoms with Crippen LogP contribution in [-0.4, -0.2) is 57.9 Å². The molecule has 2 aromatic rings. The lowest BCUT2D eigenvalue weighted by atomic mass is 9.84. The number of pyridine rings is 1. The molecule has 0 spiro atoms. The molecule has 0 aromatic carbocycles. The molecule has 2 aromatic heterocycles. The van der Waals surface area contributed by atoms with Crippen molar-refractivity contribution >= 4 is 11.3 Å². The number of nitrogens with zero attached hydrogens (tertiary/aromatic N) is 6. The summed E-state index contributed by atoms with van der Waals surface area (Å²) in [5.41, 5.74) is 2.04. The number of piperazine rings is 1. The Balaban J connectivity index is 1.25. The second kappa shape index (κ2) is 7.97. The monoisotopic (exact) mass is 432 g/mol. The normalized spacial score (nSPS) is 25.7. The largest absolute Gasteiger partial charge is 0.391 e. The number of hydrogen-bond acceptors (Lipinski definition) is 5. The summed E-state index contributed by atoms with van der Waals surface area (Å²) >= 11 is 0. The molecule has 0 radical (unpaired) electrons.